The van der Waals surface area contributed by atoms with E-state index in [1.54, 1.807) is 0 Å². The third-order valence-corrected chi connectivity index (χ3v) is 8.29. The number of rotatable bonds is 13. The minimum atomic E-state index is -3.01. The van der Waals surface area contributed by atoms with E-state index < -0.39 is 15.8 Å². The molecule has 0 spiro atoms. The number of aliphatic carboxylic acids is 1. The molecule has 218 valence electrons. The number of sulfone groups is 1. The van der Waals surface area contributed by atoms with Crippen molar-refractivity contribution in [3.63, 3.8) is 0 Å². The van der Waals surface area contributed by atoms with Gasteiger partial charge in [0, 0.05) is 29.4 Å². The zero-order valence-electron chi connectivity index (χ0n) is 23.6. The van der Waals surface area contributed by atoms with Gasteiger partial charge in [0.15, 0.2) is 0 Å². The van der Waals surface area contributed by atoms with E-state index in [4.69, 9.17) is 24.1 Å². The van der Waals surface area contributed by atoms with Gasteiger partial charge in [-0.25, -0.2) is 8.42 Å². The Morgan fingerprint density at radius 1 is 1.00 bits per heavy atom. The van der Waals surface area contributed by atoms with Gasteiger partial charge in [0.05, 0.1) is 31.5 Å². The quantitative estimate of drug-likeness (QED) is 0.251. The van der Waals surface area contributed by atoms with E-state index in [9.17, 15) is 13.2 Å². The molecule has 1 N–H and O–H groups in total. The van der Waals surface area contributed by atoms with Crippen molar-refractivity contribution in [2.24, 2.45) is 0 Å². The first-order valence-electron chi connectivity index (χ1n) is 13.9. The molecule has 3 aromatic carbocycles. The smallest absolute Gasteiger partial charge is 0.304 e. The predicted molar refractivity (Wildman–Crippen MR) is 156 cm³/mol. The summed E-state index contributed by atoms with van der Waals surface area (Å²) in [6.07, 6.45) is 4.06. The first kappa shape index (κ1) is 28.8. The summed E-state index contributed by atoms with van der Waals surface area (Å²) < 4.78 is 46.8. The first-order valence-corrected chi connectivity index (χ1v) is 15.9. The molecule has 3 aromatic rings. The summed E-state index contributed by atoms with van der Waals surface area (Å²) in [6.45, 7) is 5.12. The fourth-order valence-electron chi connectivity index (χ4n) is 5.17. The SMILES string of the molecule is Cc1cc(OCCCS(C)(=O)=O)cc(C)c1-c1cc(COc2ccc3c(c2)OC[C@H]3CC(=O)O)ccc1OC1CC1. The Kier molecular flexibility index (Phi) is 8.45. The standard InChI is InChI=1S/C32H36O8S/c1-20-13-26(37-11-4-12-41(3,35)36)14-21(2)32(20)28-15-22(5-10-29(28)40-24-6-7-24)18-38-25-8-9-27-23(16-31(33)34)19-39-30(27)17-25/h5,8-10,13-15,17,23-24H,4,6-7,11-12,16,18-19H2,1-3H3,(H,33,34)/t23-/m1/s1. The number of carboxylic acids is 1. The highest BCUT2D eigenvalue weighted by molar-refractivity contribution is 7.90. The molecule has 0 amide bonds. The van der Waals surface area contributed by atoms with Crippen molar-refractivity contribution in [3.05, 3.63) is 70.8 Å². The minimum absolute atomic E-state index is 0.0420. The molecule has 1 saturated carbocycles. The molecule has 0 radical (unpaired) electrons. The van der Waals surface area contributed by atoms with Crippen molar-refractivity contribution in [1.82, 2.24) is 0 Å². The number of benzene rings is 3. The van der Waals surface area contributed by atoms with Gasteiger partial charge in [0.25, 0.3) is 0 Å². The molecule has 1 atom stereocenters. The van der Waals surface area contributed by atoms with Crippen LogP contribution in [-0.2, 0) is 21.2 Å². The van der Waals surface area contributed by atoms with Crippen LogP contribution in [0, 0.1) is 13.8 Å². The number of hydrogen-bond donors (Lipinski definition) is 1. The summed E-state index contributed by atoms with van der Waals surface area (Å²) in [7, 11) is -3.01. The lowest BCUT2D eigenvalue weighted by atomic mass is 9.93. The van der Waals surface area contributed by atoms with Crippen LogP contribution in [0.5, 0.6) is 23.0 Å². The molecular weight excluding hydrogens is 544 g/mol. The second kappa shape index (κ2) is 12.0. The number of carboxylic acid groups (broad SMARTS) is 1. The fourth-order valence-corrected chi connectivity index (χ4v) is 5.81. The van der Waals surface area contributed by atoms with Crippen LogP contribution in [-0.4, -0.2) is 50.8 Å². The van der Waals surface area contributed by atoms with Gasteiger partial charge >= 0.3 is 5.97 Å². The fraction of sp³-hybridized carbons (Fsp3) is 0.406. The van der Waals surface area contributed by atoms with Crippen molar-refractivity contribution in [3.8, 4) is 34.1 Å². The zero-order chi connectivity index (χ0) is 29.1. The summed E-state index contributed by atoms with van der Waals surface area (Å²) in [5, 5.41) is 9.14. The summed E-state index contributed by atoms with van der Waals surface area (Å²) in [5.74, 6) is 1.99. The van der Waals surface area contributed by atoms with E-state index in [1.165, 1.54) is 6.26 Å². The van der Waals surface area contributed by atoms with Gasteiger partial charge in [0.2, 0.25) is 0 Å². The van der Waals surface area contributed by atoms with E-state index in [2.05, 4.69) is 6.07 Å². The van der Waals surface area contributed by atoms with Crippen molar-refractivity contribution in [2.45, 2.75) is 58.2 Å². The van der Waals surface area contributed by atoms with Crippen molar-refractivity contribution >= 4 is 15.8 Å². The van der Waals surface area contributed by atoms with E-state index in [0.717, 1.165) is 52.0 Å². The molecule has 9 heteroatoms. The molecule has 1 aliphatic heterocycles. The van der Waals surface area contributed by atoms with Crippen LogP contribution in [0.15, 0.2) is 48.5 Å². The molecule has 0 unspecified atom stereocenters. The maximum Gasteiger partial charge on any atom is 0.304 e. The average Bonchev–Trinajstić information content (AvgIpc) is 3.64. The molecule has 8 nitrogen and oxygen atoms in total. The van der Waals surface area contributed by atoms with Crippen LogP contribution in [0.25, 0.3) is 11.1 Å². The monoisotopic (exact) mass is 580 g/mol. The van der Waals surface area contributed by atoms with Gasteiger partial charge < -0.3 is 24.1 Å². The van der Waals surface area contributed by atoms with E-state index >= 15 is 0 Å². The number of ether oxygens (including phenoxy) is 4. The Balaban J connectivity index is 1.33. The molecule has 1 aliphatic carbocycles. The van der Waals surface area contributed by atoms with Gasteiger partial charge in [-0.3, -0.25) is 4.79 Å². The maximum absolute atomic E-state index is 11.4. The maximum atomic E-state index is 11.4. The van der Waals surface area contributed by atoms with E-state index in [1.807, 2.05) is 56.3 Å². The molecule has 0 aromatic heterocycles. The molecule has 41 heavy (non-hydrogen) atoms. The van der Waals surface area contributed by atoms with E-state index in [-0.39, 0.29) is 24.2 Å². The Labute approximate surface area is 241 Å². The topological polar surface area (TPSA) is 108 Å². The molecule has 0 saturated heterocycles. The highest BCUT2D eigenvalue weighted by Crippen LogP contribution is 2.41. The second-order valence-corrected chi connectivity index (χ2v) is 13.3. The molecule has 0 bridgehead atoms. The Bertz CT molecular complexity index is 1520. The van der Waals surface area contributed by atoms with Crippen LogP contribution in [0.3, 0.4) is 0 Å². The predicted octanol–water partition coefficient (Wildman–Crippen LogP) is 5.85. The molecule has 5 rings (SSSR count). The van der Waals surface area contributed by atoms with Gasteiger partial charge in [0.1, 0.15) is 39.4 Å². The van der Waals surface area contributed by atoms with Crippen molar-refractivity contribution in [1.29, 1.82) is 0 Å². The minimum Gasteiger partial charge on any atom is -0.494 e. The third kappa shape index (κ3) is 7.52. The van der Waals surface area contributed by atoms with Crippen LogP contribution in [0.1, 0.15) is 53.9 Å². The number of aryl methyl sites for hydroxylation is 2. The highest BCUT2D eigenvalue weighted by atomic mass is 32.2. The number of carbonyl (C=O) groups is 1. The normalized spacial score (nSPS) is 16.1. The Morgan fingerprint density at radius 3 is 2.44 bits per heavy atom. The van der Waals surface area contributed by atoms with Gasteiger partial charge in [-0.2, -0.15) is 0 Å². The van der Waals surface area contributed by atoms with Gasteiger partial charge in [-0.05, 0) is 85.7 Å². The van der Waals surface area contributed by atoms with Gasteiger partial charge in [-0.15, -0.1) is 0 Å². The first-order chi connectivity index (χ1) is 19.6. The number of fused-ring (bicyclic) bond motifs is 1. The molecule has 1 heterocycles. The summed E-state index contributed by atoms with van der Waals surface area (Å²) in [4.78, 5) is 11.1. The summed E-state index contributed by atoms with van der Waals surface area (Å²) in [5.41, 5.74) is 6.01. The summed E-state index contributed by atoms with van der Waals surface area (Å²) in [6, 6.07) is 15.7. The Hall–Kier alpha value is -3.72. The lowest BCUT2D eigenvalue weighted by molar-refractivity contribution is -0.137. The van der Waals surface area contributed by atoms with E-state index in [0.29, 0.717) is 43.5 Å². The van der Waals surface area contributed by atoms with Crippen molar-refractivity contribution < 1.29 is 37.3 Å². The average molecular weight is 581 g/mol. The largest absolute Gasteiger partial charge is 0.494 e. The second-order valence-electron chi connectivity index (χ2n) is 11.0. The van der Waals surface area contributed by atoms with Gasteiger partial charge in [-0.1, -0.05) is 12.1 Å². The van der Waals surface area contributed by atoms with Crippen LogP contribution < -0.4 is 18.9 Å². The summed E-state index contributed by atoms with van der Waals surface area (Å²) >= 11 is 0. The lowest BCUT2D eigenvalue weighted by Crippen LogP contribution is -2.08. The third-order valence-electron chi connectivity index (χ3n) is 7.26. The lowest BCUT2D eigenvalue weighted by Gasteiger charge is -2.18. The van der Waals surface area contributed by atoms with Crippen LogP contribution in [0.2, 0.25) is 0 Å². The van der Waals surface area contributed by atoms with Crippen molar-refractivity contribution in [2.75, 3.05) is 25.2 Å². The number of hydrogen-bond acceptors (Lipinski definition) is 7. The zero-order valence-corrected chi connectivity index (χ0v) is 24.5. The van der Waals surface area contributed by atoms with Crippen LogP contribution in [0.4, 0.5) is 0 Å². The highest BCUT2D eigenvalue weighted by Gasteiger charge is 2.27. The Morgan fingerprint density at radius 2 is 1.76 bits per heavy atom. The molecular formula is C32H36O8S. The molecule has 1 fully saturated rings. The van der Waals surface area contributed by atoms with Crippen LogP contribution >= 0.6 is 0 Å². The molecule has 2 aliphatic rings.